The van der Waals surface area contributed by atoms with Crippen LogP contribution in [-0.2, 0) is 0 Å². The summed E-state index contributed by atoms with van der Waals surface area (Å²) in [5.41, 5.74) is 0. The molecule has 1 rings (SSSR count). The molecule has 0 spiro atoms. The molecule has 0 saturated carbocycles. The largest absolute Gasteiger partial charge is 0.359 e. The minimum Gasteiger partial charge on any atom is -0.359 e. The van der Waals surface area contributed by atoms with Crippen LogP contribution in [0.2, 0.25) is 0 Å². The third-order valence-corrected chi connectivity index (χ3v) is 6.95. The molecule has 2 heteroatoms. The van der Waals surface area contributed by atoms with Crippen LogP contribution in [-0.4, -0.2) is 29.6 Å². The molecule has 0 bridgehead atoms. The highest BCUT2D eigenvalue weighted by Crippen LogP contribution is 2.15. The van der Waals surface area contributed by atoms with Crippen LogP contribution in [0.1, 0.15) is 155 Å². The Morgan fingerprint density at radius 1 is 0.387 bits per heavy atom. The first-order valence-corrected chi connectivity index (χ1v) is 14.5. The van der Waals surface area contributed by atoms with Crippen LogP contribution >= 0.6 is 0 Å². The molecule has 0 fully saturated rings. The fourth-order valence-electron chi connectivity index (χ4n) is 4.76. The molecule has 0 aromatic rings. The van der Waals surface area contributed by atoms with Gasteiger partial charge in [-0.3, -0.25) is 0 Å². The van der Waals surface area contributed by atoms with Gasteiger partial charge in [0.15, 0.2) is 0 Å². The van der Waals surface area contributed by atoms with Gasteiger partial charge >= 0.3 is 0 Å². The van der Waals surface area contributed by atoms with Crippen molar-refractivity contribution in [2.45, 2.75) is 155 Å². The molecule has 2 nitrogen and oxygen atoms in total. The maximum absolute atomic E-state index is 2.52. The highest BCUT2D eigenvalue weighted by atomic mass is 15.3. The number of hydrogen-bond donors (Lipinski definition) is 0. The van der Waals surface area contributed by atoms with Gasteiger partial charge in [-0.05, 0) is 12.8 Å². The zero-order chi connectivity index (χ0) is 22.2. The summed E-state index contributed by atoms with van der Waals surface area (Å²) in [5.74, 6) is 0. The fourth-order valence-corrected chi connectivity index (χ4v) is 4.76. The van der Waals surface area contributed by atoms with E-state index >= 15 is 0 Å². The minimum absolute atomic E-state index is 1.13. The van der Waals surface area contributed by atoms with Gasteiger partial charge in [-0.1, -0.05) is 142 Å². The number of hydrogen-bond acceptors (Lipinski definition) is 2. The van der Waals surface area contributed by atoms with Crippen LogP contribution < -0.4 is 0 Å². The second-order valence-corrected chi connectivity index (χ2v) is 10.1. The first kappa shape index (κ1) is 28.4. The van der Waals surface area contributed by atoms with Crippen molar-refractivity contribution in [1.29, 1.82) is 0 Å². The Balaban J connectivity index is 1.78. The maximum Gasteiger partial charge on any atom is 0.0893 e. The molecule has 0 amide bonds. The molecule has 0 atom stereocenters. The summed E-state index contributed by atoms with van der Waals surface area (Å²) in [5, 5.41) is 0. The quantitative estimate of drug-likeness (QED) is 0.139. The summed E-state index contributed by atoms with van der Waals surface area (Å²) in [6.07, 6.45) is 36.2. The third-order valence-electron chi connectivity index (χ3n) is 6.95. The molecule has 31 heavy (non-hydrogen) atoms. The Kier molecular flexibility index (Phi) is 20.6. The molecule has 184 valence electrons. The zero-order valence-electron chi connectivity index (χ0n) is 21.7. The van der Waals surface area contributed by atoms with Crippen LogP contribution in [0.15, 0.2) is 12.4 Å². The van der Waals surface area contributed by atoms with Crippen molar-refractivity contribution in [3.8, 4) is 0 Å². The summed E-state index contributed by atoms with van der Waals surface area (Å²) in [6.45, 7) is 8.24. The van der Waals surface area contributed by atoms with Crippen LogP contribution in [0.3, 0.4) is 0 Å². The highest BCUT2D eigenvalue weighted by Gasteiger charge is 2.10. The lowest BCUT2D eigenvalue weighted by Gasteiger charge is -2.21. The van der Waals surface area contributed by atoms with E-state index in [4.69, 9.17) is 0 Å². The molecule has 0 aromatic heterocycles. The van der Waals surface area contributed by atoms with Crippen molar-refractivity contribution < 1.29 is 0 Å². The van der Waals surface area contributed by atoms with Gasteiger partial charge in [-0.25, -0.2) is 0 Å². The van der Waals surface area contributed by atoms with E-state index in [0.29, 0.717) is 0 Å². The Hall–Kier alpha value is -0.660. The average Bonchev–Trinajstić information content (AvgIpc) is 3.23. The Morgan fingerprint density at radius 3 is 0.935 bits per heavy atom. The second-order valence-electron chi connectivity index (χ2n) is 10.1. The van der Waals surface area contributed by atoms with Crippen LogP contribution in [0.25, 0.3) is 0 Å². The number of unbranched alkanes of at least 4 members (excludes halogenated alkanes) is 20. The van der Waals surface area contributed by atoms with E-state index in [-0.39, 0.29) is 0 Å². The third kappa shape index (κ3) is 18.6. The van der Waals surface area contributed by atoms with Crippen molar-refractivity contribution in [2.75, 3.05) is 19.8 Å². The van der Waals surface area contributed by atoms with Gasteiger partial charge in [0.2, 0.25) is 0 Å². The van der Waals surface area contributed by atoms with E-state index in [0.717, 1.165) is 6.67 Å². The molecule has 0 N–H and O–H groups in total. The first-order chi connectivity index (χ1) is 15.4. The van der Waals surface area contributed by atoms with E-state index in [1.165, 1.54) is 154 Å². The van der Waals surface area contributed by atoms with E-state index in [9.17, 15) is 0 Å². The maximum atomic E-state index is 2.52. The van der Waals surface area contributed by atoms with Crippen LogP contribution in [0.4, 0.5) is 0 Å². The van der Waals surface area contributed by atoms with Crippen molar-refractivity contribution in [3.63, 3.8) is 0 Å². The highest BCUT2D eigenvalue weighted by molar-refractivity contribution is 4.90. The van der Waals surface area contributed by atoms with E-state index in [1.807, 2.05) is 0 Å². The van der Waals surface area contributed by atoms with Crippen LogP contribution in [0, 0.1) is 0 Å². The molecule has 1 aliphatic rings. The normalized spacial score (nSPS) is 13.6. The Bertz CT molecular complexity index is 379. The predicted octanol–water partition coefficient (Wildman–Crippen LogP) is 9.65. The molecule has 0 aliphatic carbocycles. The molecule has 0 unspecified atom stereocenters. The van der Waals surface area contributed by atoms with Crippen LogP contribution in [0.5, 0.6) is 0 Å². The predicted molar refractivity (Wildman–Crippen MR) is 140 cm³/mol. The van der Waals surface area contributed by atoms with E-state index in [1.54, 1.807) is 0 Å². The molecule has 0 saturated heterocycles. The van der Waals surface area contributed by atoms with Gasteiger partial charge in [0.25, 0.3) is 0 Å². The van der Waals surface area contributed by atoms with E-state index in [2.05, 4.69) is 36.0 Å². The van der Waals surface area contributed by atoms with Gasteiger partial charge in [-0.15, -0.1) is 0 Å². The van der Waals surface area contributed by atoms with E-state index < -0.39 is 0 Å². The molecule has 0 radical (unpaired) electrons. The monoisotopic (exact) mass is 434 g/mol. The zero-order valence-corrected chi connectivity index (χ0v) is 21.7. The smallest absolute Gasteiger partial charge is 0.0893 e. The van der Waals surface area contributed by atoms with Gasteiger partial charge in [-0.2, -0.15) is 0 Å². The molecule has 1 heterocycles. The lowest BCUT2D eigenvalue weighted by Crippen LogP contribution is -2.26. The fraction of sp³-hybridized carbons (Fsp3) is 0.931. The van der Waals surface area contributed by atoms with Gasteiger partial charge < -0.3 is 9.80 Å². The number of rotatable bonds is 24. The molecular weight excluding hydrogens is 376 g/mol. The summed E-state index contributed by atoms with van der Waals surface area (Å²) < 4.78 is 0. The lowest BCUT2D eigenvalue weighted by molar-refractivity contribution is 0.257. The Morgan fingerprint density at radius 2 is 0.645 bits per heavy atom. The van der Waals surface area contributed by atoms with Crippen molar-refractivity contribution >= 4 is 0 Å². The Labute approximate surface area is 197 Å². The standard InChI is InChI=1S/C29H58N2/c1-3-5-7-9-11-13-14-15-16-18-20-22-24-26-31-28-27-30(29-31)25-23-21-19-17-12-10-8-6-4-2/h27-28H,3-26,29H2,1-2H3. The summed E-state index contributed by atoms with van der Waals surface area (Å²) in [7, 11) is 0. The second kappa shape index (κ2) is 22.5. The SMILES string of the molecule is CCCCCCCCCCCCCCCN1C=CN(CCCCCCCCCCC)C1. The number of nitrogens with zero attached hydrogens (tertiary/aromatic N) is 2. The van der Waals surface area contributed by atoms with Crippen molar-refractivity contribution in [2.24, 2.45) is 0 Å². The van der Waals surface area contributed by atoms with Gasteiger partial charge in [0.05, 0.1) is 6.67 Å². The first-order valence-electron chi connectivity index (χ1n) is 14.5. The average molecular weight is 435 g/mol. The van der Waals surface area contributed by atoms with Gasteiger partial charge in [0, 0.05) is 25.5 Å². The van der Waals surface area contributed by atoms with Crippen molar-refractivity contribution in [3.05, 3.63) is 12.4 Å². The molecular formula is C29H58N2. The summed E-state index contributed by atoms with van der Waals surface area (Å²) >= 11 is 0. The van der Waals surface area contributed by atoms with Crippen molar-refractivity contribution in [1.82, 2.24) is 9.80 Å². The molecule has 0 aromatic carbocycles. The minimum atomic E-state index is 1.13. The molecule has 1 aliphatic heterocycles. The topological polar surface area (TPSA) is 6.48 Å². The lowest BCUT2D eigenvalue weighted by atomic mass is 10.0. The summed E-state index contributed by atoms with van der Waals surface area (Å²) in [4.78, 5) is 5.04. The summed E-state index contributed by atoms with van der Waals surface area (Å²) in [6, 6.07) is 0. The van der Waals surface area contributed by atoms with Gasteiger partial charge in [0.1, 0.15) is 0 Å².